The van der Waals surface area contributed by atoms with E-state index in [2.05, 4.69) is 20.8 Å². The molecule has 0 aromatic heterocycles. The van der Waals surface area contributed by atoms with Crippen LogP contribution < -0.4 is 0 Å². The van der Waals surface area contributed by atoms with Gasteiger partial charge in [0.25, 0.3) is 0 Å². The van der Waals surface area contributed by atoms with Crippen LogP contribution in [0.1, 0.15) is 66.7 Å². The molecular formula is C18H30O2. The summed E-state index contributed by atoms with van der Waals surface area (Å²) >= 11 is 0. The van der Waals surface area contributed by atoms with Gasteiger partial charge in [0.1, 0.15) is 0 Å². The average Bonchev–Trinajstić information content (AvgIpc) is 2.25. The van der Waals surface area contributed by atoms with E-state index in [0.29, 0.717) is 11.3 Å². The van der Waals surface area contributed by atoms with E-state index in [1.165, 1.54) is 12.8 Å². The van der Waals surface area contributed by atoms with Gasteiger partial charge in [-0.1, -0.05) is 33.3 Å². The molecule has 2 nitrogen and oxygen atoms in total. The van der Waals surface area contributed by atoms with Crippen LogP contribution in [0.2, 0.25) is 0 Å². The molecular weight excluding hydrogens is 248 g/mol. The normalized spacial score (nSPS) is 44.3. The minimum atomic E-state index is -0.690. The molecule has 2 aliphatic rings. The first-order valence-corrected chi connectivity index (χ1v) is 8.01. The van der Waals surface area contributed by atoms with Gasteiger partial charge in [-0.25, -0.2) is 0 Å². The van der Waals surface area contributed by atoms with Gasteiger partial charge in [-0.15, -0.1) is 0 Å². The summed E-state index contributed by atoms with van der Waals surface area (Å²) in [5.41, 5.74) is -0.244. The minimum absolute atomic E-state index is 0.0709. The molecule has 0 amide bonds. The Kier molecular flexibility index (Phi) is 3.92. The van der Waals surface area contributed by atoms with Gasteiger partial charge in [0.05, 0.1) is 5.60 Å². The molecule has 2 unspecified atom stereocenters. The summed E-state index contributed by atoms with van der Waals surface area (Å²) in [4.78, 5) is 11.3. The maximum atomic E-state index is 11.3. The van der Waals surface area contributed by atoms with Crippen LogP contribution in [0.5, 0.6) is 0 Å². The molecule has 0 heterocycles. The van der Waals surface area contributed by atoms with Crippen molar-refractivity contribution in [1.82, 2.24) is 0 Å². The van der Waals surface area contributed by atoms with Crippen molar-refractivity contribution in [1.29, 1.82) is 0 Å². The van der Waals surface area contributed by atoms with Crippen molar-refractivity contribution in [2.75, 3.05) is 0 Å². The SMILES string of the molecule is CC(=O)/C=C/C1[C@@]2(C)CCCC(C)(C)C2CC[C@@]1(C)O. The zero-order chi connectivity index (χ0) is 15.2. The second-order valence-corrected chi connectivity index (χ2v) is 8.24. The highest BCUT2D eigenvalue weighted by Crippen LogP contribution is 2.62. The Morgan fingerprint density at radius 1 is 1.15 bits per heavy atom. The summed E-state index contributed by atoms with van der Waals surface area (Å²) in [6.45, 7) is 10.6. The fraction of sp³-hybridized carbons (Fsp3) is 0.833. The first kappa shape index (κ1) is 15.8. The van der Waals surface area contributed by atoms with Gasteiger partial charge in [0, 0.05) is 5.92 Å². The van der Waals surface area contributed by atoms with Gasteiger partial charge < -0.3 is 5.11 Å². The minimum Gasteiger partial charge on any atom is -0.390 e. The van der Waals surface area contributed by atoms with Gasteiger partial charge >= 0.3 is 0 Å². The molecule has 2 aliphatic carbocycles. The van der Waals surface area contributed by atoms with Gasteiger partial charge in [-0.05, 0) is 62.4 Å². The predicted molar refractivity (Wildman–Crippen MR) is 82.4 cm³/mol. The van der Waals surface area contributed by atoms with Crippen LogP contribution in [-0.2, 0) is 4.79 Å². The number of ketones is 1. The van der Waals surface area contributed by atoms with Crippen molar-refractivity contribution in [3.05, 3.63) is 12.2 Å². The Bertz CT molecular complexity index is 419. The lowest BCUT2D eigenvalue weighted by atomic mass is 9.45. The molecule has 0 aromatic rings. The van der Waals surface area contributed by atoms with Crippen LogP contribution in [0.15, 0.2) is 12.2 Å². The third-order valence-electron chi connectivity index (χ3n) is 6.12. The molecule has 2 heteroatoms. The predicted octanol–water partition coefficient (Wildman–Crippen LogP) is 4.13. The molecule has 0 aromatic carbocycles. The van der Waals surface area contributed by atoms with Crippen molar-refractivity contribution >= 4 is 5.78 Å². The smallest absolute Gasteiger partial charge is 0.152 e. The van der Waals surface area contributed by atoms with E-state index in [-0.39, 0.29) is 17.1 Å². The Balaban J connectivity index is 2.40. The van der Waals surface area contributed by atoms with Crippen molar-refractivity contribution in [2.24, 2.45) is 22.7 Å². The van der Waals surface area contributed by atoms with E-state index in [0.717, 1.165) is 19.3 Å². The molecule has 1 N–H and O–H groups in total. The fourth-order valence-corrected chi connectivity index (χ4v) is 5.22. The van der Waals surface area contributed by atoms with Gasteiger partial charge in [-0.3, -0.25) is 4.79 Å². The summed E-state index contributed by atoms with van der Waals surface area (Å²) in [5, 5.41) is 10.9. The van der Waals surface area contributed by atoms with Crippen molar-refractivity contribution < 1.29 is 9.90 Å². The lowest BCUT2D eigenvalue weighted by Gasteiger charge is -2.60. The van der Waals surface area contributed by atoms with Crippen LogP contribution in [0.4, 0.5) is 0 Å². The van der Waals surface area contributed by atoms with Crippen LogP contribution in [0.25, 0.3) is 0 Å². The first-order valence-electron chi connectivity index (χ1n) is 8.01. The molecule has 0 radical (unpaired) electrons. The van der Waals surface area contributed by atoms with Crippen LogP contribution in [-0.4, -0.2) is 16.5 Å². The third-order valence-corrected chi connectivity index (χ3v) is 6.12. The zero-order valence-corrected chi connectivity index (χ0v) is 13.7. The zero-order valence-electron chi connectivity index (χ0n) is 13.7. The third kappa shape index (κ3) is 2.59. The highest BCUT2D eigenvalue weighted by molar-refractivity contribution is 5.87. The molecule has 0 bridgehead atoms. The summed E-state index contributed by atoms with van der Waals surface area (Å²) in [6, 6.07) is 0. The fourth-order valence-electron chi connectivity index (χ4n) is 5.22. The van der Waals surface area contributed by atoms with E-state index in [4.69, 9.17) is 0 Å². The number of fused-ring (bicyclic) bond motifs is 1. The number of carbonyl (C=O) groups excluding carboxylic acids is 1. The molecule has 4 atom stereocenters. The van der Waals surface area contributed by atoms with Gasteiger partial charge in [0.15, 0.2) is 5.78 Å². The molecule has 20 heavy (non-hydrogen) atoms. The summed E-state index contributed by atoms with van der Waals surface area (Å²) < 4.78 is 0. The van der Waals surface area contributed by atoms with E-state index in [1.807, 2.05) is 13.0 Å². The Morgan fingerprint density at radius 2 is 1.80 bits per heavy atom. The summed E-state index contributed by atoms with van der Waals surface area (Å²) in [5.74, 6) is 0.782. The summed E-state index contributed by atoms with van der Waals surface area (Å²) in [6.07, 6.45) is 9.25. The molecule has 114 valence electrons. The maximum Gasteiger partial charge on any atom is 0.152 e. The monoisotopic (exact) mass is 278 g/mol. The molecule has 0 spiro atoms. The molecule has 0 aliphatic heterocycles. The van der Waals surface area contributed by atoms with Crippen molar-refractivity contribution in [3.63, 3.8) is 0 Å². The maximum absolute atomic E-state index is 11.3. The number of allylic oxidation sites excluding steroid dienone is 1. The lowest BCUT2D eigenvalue weighted by Crippen LogP contribution is -2.56. The Hall–Kier alpha value is -0.630. The topological polar surface area (TPSA) is 37.3 Å². The van der Waals surface area contributed by atoms with Crippen LogP contribution in [0, 0.1) is 22.7 Å². The van der Waals surface area contributed by atoms with E-state index >= 15 is 0 Å². The van der Waals surface area contributed by atoms with Crippen molar-refractivity contribution in [2.45, 2.75) is 72.3 Å². The van der Waals surface area contributed by atoms with E-state index in [9.17, 15) is 9.90 Å². The van der Waals surface area contributed by atoms with Crippen LogP contribution >= 0.6 is 0 Å². The number of hydrogen-bond acceptors (Lipinski definition) is 2. The van der Waals surface area contributed by atoms with Crippen LogP contribution in [0.3, 0.4) is 0 Å². The highest BCUT2D eigenvalue weighted by atomic mass is 16.3. The standard InChI is InChI=1S/C18H30O2/c1-13(19)7-8-15-17(4)11-6-10-16(2,3)14(17)9-12-18(15,5)20/h7-8,14-15,20H,6,9-12H2,1-5H3/b8-7+/t14?,15?,17-,18+/m0/s1. The Morgan fingerprint density at radius 3 is 2.40 bits per heavy atom. The van der Waals surface area contributed by atoms with Crippen molar-refractivity contribution in [3.8, 4) is 0 Å². The number of aliphatic hydroxyl groups is 1. The van der Waals surface area contributed by atoms with E-state index in [1.54, 1.807) is 13.0 Å². The molecule has 0 saturated heterocycles. The Labute approximate surface area is 123 Å². The van der Waals surface area contributed by atoms with E-state index < -0.39 is 5.60 Å². The van der Waals surface area contributed by atoms with Gasteiger partial charge in [0.2, 0.25) is 0 Å². The first-order chi connectivity index (χ1) is 9.09. The van der Waals surface area contributed by atoms with Gasteiger partial charge in [-0.2, -0.15) is 0 Å². The largest absolute Gasteiger partial charge is 0.390 e. The lowest BCUT2D eigenvalue weighted by molar-refractivity contribution is -0.149. The molecule has 2 saturated carbocycles. The molecule has 2 rings (SSSR count). The highest BCUT2D eigenvalue weighted by Gasteiger charge is 2.57. The number of carbonyl (C=O) groups is 1. The quantitative estimate of drug-likeness (QED) is 0.771. The number of rotatable bonds is 2. The average molecular weight is 278 g/mol. The molecule has 2 fully saturated rings. The second kappa shape index (κ2) is 4.98. The summed E-state index contributed by atoms with van der Waals surface area (Å²) in [7, 11) is 0. The number of hydrogen-bond donors (Lipinski definition) is 1. The second-order valence-electron chi connectivity index (χ2n) is 8.24.